The molecule has 1 saturated carbocycles. The Balaban J connectivity index is 1.30. The third kappa shape index (κ3) is 3.42. The molecular weight excluding hydrogens is 321 g/mol. The van der Waals surface area contributed by atoms with Gasteiger partial charge in [-0.25, -0.2) is 4.39 Å². The fourth-order valence-corrected chi connectivity index (χ4v) is 4.45. The summed E-state index contributed by atoms with van der Waals surface area (Å²) in [5.41, 5.74) is -0.983. The molecule has 0 aromatic rings. The highest BCUT2D eigenvalue weighted by molar-refractivity contribution is 6.39. The van der Waals surface area contributed by atoms with Gasteiger partial charge in [-0.15, -0.1) is 0 Å². The van der Waals surface area contributed by atoms with Gasteiger partial charge in [0, 0.05) is 13.0 Å². The number of nitrogens with zero attached hydrogens (tertiary/aromatic N) is 3. The normalized spacial score (nSPS) is 31.8. The van der Waals surface area contributed by atoms with E-state index in [0.717, 1.165) is 45.3 Å². The second-order valence-corrected chi connectivity index (χ2v) is 9.02. The Hall–Kier alpha value is -1.17. The molecule has 4 aliphatic rings. The topological polar surface area (TPSA) is 45.1 Å². The number of amides is 1. The van der Waals surface area contributed by atoms with Gasteiger partial charge in [0.05, 0.1) is 13.1 Å². The molecule has 6 heteroatoms. The SMILES string of the molecule is CC(C)CCN1CCCC2(CC(C(=O)N3CC(F)(C4CC4)C3)=NO2)C1. The van der Waals surface area contributed by atoms with Gasteiger partial charge in [0.15, 0.2) is 5.60 Å². The molecule has 0 radical (unpaired) electrons. The van der Waals surface area contributed by atoms with Crippen molar-refractivity contribution in [2.45, 2.75) is 63.6 Å². The lowest BCUT2D eigenvalue weighted by atomic mass is 9.86. The maximum atomic E-state index is 14.5. The van der Waals surface area contributed by atoms with Crippen molar-refractivity contribution in [3.8, 4) is 0 Å². The van der Waals surface area contributed by atoms with Crippen LogP contribution < -0.4 is 0 Å². The smallest absolute Gasteiger partial charge is 0.272 e. The van der Waals surface area contributed by atoms with Crippen LogP contribution in [0, 0.1) is 11.8 Å². The van der Waals surface area contributed by atoms with Gasteiger partial charge in [-0.1, -0.05) is 19.0 Å². The average Bonchev–Trinajstić information content (AvgIpc) is 3.33. The molecule has 140 valence electrons. The second-order valence-electron chi connectivity index (χ2n) is 9.02. The summed E-state index contributed by atoms with van der Waals surface area (Å²) in [5, 5.41) is 4.13. The van der Waals surface area contributed by atoms with E-state index >= 15 is 0 Å². The minimum atomic E-state index is -1.13. The minimum Gasteiger partial charge on any atom is -0.387 e. The van der Waals surface area contributed by atoms with Gasteiger partial charge >= 0.3 is 0 Å². The van der Waals surface area contributed by atoms with Crippen molar-refractivity contribution >= 4 is 11.6 Å². The molecule has 0 N–H and O–H groups in total. The molecule has 3 fully saturated rings. The van der Waals surface area contributed by atoms with E-state index in [1.54, 1.807) is 4.90 Å². The molecule has 3 aliphatic heterocycles. The Kier molecular flexibility index (Phi) is 4.29. The Labute approximate surface area is 149 Å². The standard InChI is InChI=1S/C19H30FN3O2/c1-14(2)6-9-22-8-3-7-18(11-22)10-16(21-25-18)17(24)23-12-19(20,13-23)15-4-5-15/h14-15H,3-13H2,1-2H3. The molecule has 1 atom stereocenters. The maximum Gasteiger partial charge on any atom is 0.272 e. The third-order valence-corrected chi connectivity index (χ3v) is 6.23. The lowest BCUT2D eigenvalue weighted by molar-refractivity contribution is -0.139. The number of likely N-dealkylation sites (tertiary alicyclic amines) is 2. The number of rotatable bonds is 5. The minimum absolute atomic E-state index is 0.120. The van der Waals surface area contributed by atoms with Gasteiger partial charge in [0.2, 0.25) is 0 Å². The van der Waals surface area contributed by atoms with Crippen LogP contribution in [0.4, 0.5) is 4.39 Å². The Morgan fingerprint density at radius 3 is 2.80 bits per heavy atom. The summed E-state index contributed by atoms with van der Waals surface area (Å²) in [5.74, 6) is 0.747. The zero-order valence-electron chi connectivity index (χ0n) is 15.5. The molecule has 0 bridgehead atoms. The van der Waals surface area contributed by atoms with Crippen LogP contribution in [0.15, 0.2) is 5.16 Å². The van der Waals surface area contributed by atoms with Crippen molar-refractivity contribution in [1.29, 1.82) is 0 Å². The molecule has 1 amide bonds. The van der Waals surface area contributed by atoms with Crippen molar-refractivity contribution in [3.05, 3.63) is 0 Å². The fraction of sp³-hybridized carbons (Fsp3) is 0.895. The van der Waals surface area contributed by atoms with Gasteiger partial charge in [-0.05, 0) is 57.0 Å². The molecule has 0 aromatic heterocycles. The van der Waals surface area contributed by atoms with Crippen LogP contribution in [-0.4, -0.2) is 65.4 Å². The zero-order chi connectivity index (χ0) is 17.7. The van der Waals surface area contributed by atoms with Gasteiger partial charge in [-0.2, -0.15) is 0 Å². The number of alkyl halides is 1. The van der Waals surface area contributed by atoms with E-state index in [9.17, 15) is 9.18 Å². The van der Waals surface area contributed by atoms with E-state index in [1.807, 2.05) is 0 Å². The number of hydrogen-bond acceptors (Lipinski definition) is 4. The number of carbonyl (C=O) groups is 1. The van der Waals surface area contributed by atoms with Crippen LogP contribution in [0.1, 0.15) is 52.4 Å². The van der Waals surface area contributed by atoms with Crippen LogP contribution >= 0.6 is 0 Å². The highest BCUT2D eigenvalue weighted by Crippen LogP contribution is 2.47. The van der Waals surface area contributed by atoms with Gasteiger partial charge < -0.3 is 9.74 Å². The Morgan fingerprint density at radius 1 is 1.36 bits per heavy atom. The molecule has 25 heavy (non-hydrogen) atoms. The van der Waals surface area contributed by atoms with Gasteiger partial charge in [0.1, 0.15) is 11.4 Å². The number of carbonyl (C=O) groups excluding carboxylic acids is 1. The lowest BCUT2D eigenvalue weighted by Crippen LogP contribution is -2.63. The molecule has 3 heterocycles. The summed E-state index contributed by atoms with van der Waals surface area (Å²) in [4.78, 5) is 22.5. The molecule has 1 unspecified atom stereocenters. The van der Waals surface area contributed by atoms with Crippen LogP contribution in [0.3, 0.4) is 0 Å². The van der Waals surface area contributed by atoms with E-state index < -0.39 is 5.67 Å². The predicted octanol–water partition coefficient (Wildman–Crippen LogP) is 2.60. The van der Waals surface area contributed by atoms with Crippen molar-refractivity contribution in [1.82, 2.24) is 9.80 Å². The summed E-state index contributed by atoms with van der Waals surface area (Å²) in [6, 6.07) is 0. The second kappa shape index (κ2) is 6.22. The molecule has 4 rings (SSSR count). The molecule has 1 aliphatic carbocycles. The number of halogens is 1. The van der Waals surface area contributed by atoms with Crippen LogP contribution in [0.5, 0.6) is 0 Å². The number of oxime groups is 1. The van der Waals surface area contributed by atoms with Crippen molar-refractivity contribution in [3.63, 3.8) is 0 Å². The Morgan fingerprint density at radius 2 is 2.12 bits per heavy atom. The van der Waals surface area contributed by atoms with Crippen LogP contribution in [0.25, 0.3) is 0 Å². The molecule has 1 spiro atoms. The third-order valence-electron chi connectivity index (χ3n) is 6.23. The monoisotopic (exact) mass is 351 g/mol. The quantitative estimate of drug-likeness (QED) is 0.765. The summed E-state index contributed by atoms with van der Waals surface area (Å²) in [6.45, 7) is 7.97. The van der Waals surface area contributed by atoms with E-state index in [1.165, 1.54) is 6.42 Å². The van der Waals surface area contributed by atoms with E-state index in [2.05, 4.69) is 23.9 Å². The predicted molar refractivity (Wildman–Crippen MR) is 94.1 cm³/mol. The largest absolute Gasteiger partial charge is 0.387 e. The zero-order valence-corrected chi connectivity index (χ0v) is 15.5. The van der Waals surface area contributed by atoms with E-state index in [-0.39, 0.29) is 30.5 Å². The molecule has 5 nitrogen and oxygen atoms in total. The Bertz CT molecular complexity index is 569. The summed E-state index contributed by atoms with van der Waals surface area (Å²) >= 11 is 0. The highest BCUT2D eigenvalue weighted by atomic mass is 19.1. The van der Waals surface area contributed by atoms with Crippen molar-refractivity contribution in [2.24, 2.45) is 17.0 Å². The average molecular weight is 351 g/mol. The van der Waals surface area contributed by atoms with E-state index in [0.29, 0.717) is 18.1 Å². The first kappa shape index (κ1) is 17.3. The molecular formula is C19H30FN3O2. The van der Waals surface area contributed by atoms with Gasteiger partial charge in [0.25, 0.3) is 5.91 Å². The van der Waals surface area contributed by atoms with Crippen LogP contribution in [0.2, 0.25) is 0 Å². The number of piperidine rings is 1. The summed E-state index contributed by atoms with van der Waals surface area (Å²) < 4.78 is 14.5. The first-order chi connectivity index (χ1) is 11.9. The maximum absolute atomic E-state index is 14.5. The molecule has 0 aromatic carbocycles. The van der Waals surface area contributed by atoms with Crippen molar-refractivity contribution in [2.75, 3.05) is 32.7 Å². The first-order valence-electron chi connectivity index (χ1n) is 9.85. The summed E-state index contributed by atoms with van der Waals surface area (Å²) in [6.07, 6.45) is 5.71. The van der Waals surface area contributed by atoms with Crippen molar-refractivity contribution < 1.29 is 14.0 Å². The fourth-order valence-electron chi connectivity index (χ4n) is 4.45. The highest BCUT2D eigenvalue weighted by Gasteiger charge is 2.56. The first-order valence-corrected chi connectivity index (χ1v) is 9.85. The number of hydrogen-bond donors (Lipinski definition) is 0. The van der Waals surface area contributed by atoms with Crippen LogP contribution in [-0.2, 0) is 9.63 Å². The lowest BCUT2D eigenvalue weighted by Gasteiger charge is -2.44. The summed E-state index contributed by atoms with van der Waals surface area (Å²) in [7, 11) is 0. The molecule has 2 saturated heterocycles. The van der Waals surface area contributed by atoms with E-state index in [4.69, 9.17) is 4.84 Å². The van der Waals surface area contributed by atoms with Gasteiger partial charge in [-0.3, -0.25) is 9.69 Å².